The van der Waals surface area contributed by atoms with Crippen LogP contribution in [0.2, 0.25) is 0 Å². The number of piperazine rings is 1. The van der Waals surface area contributed by atoms with Gasteiger partial charge in [-0.25, -0.2) is 0 Å². The first-order valence-electron chi connectivity index (χ1n) is 6.76. The number of nitrogens with one attached hydrogen (secondary N) is 1. The molecule has 2 heterocycles. The van der Waals surface area contributed by atoms with Gasteiger partial charge < -0.3 is 10.1 Å². The Morgan fingerprint density at radius 1 is 1.25 bits per heavy atom. The molecule has 3 heteroatoms. The van der Waals surface area contributed by atoms with E-state index in [0.717, 1.165) is 19.1 Å². The van der Waals surface area contributed by atoms with Crippen molar-refractivity contribution in [3.05, 3.63) is 0 Å². The number of rotatable bonds is 2. The normalized spacial score (nSPS) is 40.1. The molecule has 0 bridgehead atoms. The zero-order valence-corrected chi connectivity index (χ0v) is 10.5. The highest BCUT2D eigenvalue weighted by Gasteiger charge is 2.44. The van der Waals surface area contributed by atoms with Gasteiger partial charge in [-0.15, -0.1) is 0 Å². The molecule has 0 spiro atoms. The third-order valence-corrected chi connectivity index (χ3v) is 4.26. The van der Waals surface area contributed by atoms with Crippen molar-refractivity contribution >= 4 is 0 Å². The van der Waals surface area contributed by atoms with Gasteiger partial charge in [0.15, 0.2) is 0 Å². The lowest BCUT2D eigenvalue weighted by molar-refractivity contribution is 0.0266. The Kier molecular flexibility index (Phi) is 2.73. The smallest absolute Gasteiger partial charge is 0.0759 e. The number of ether oxygens (including phenoxy) is 1. The molecule has 0 amide bonds. The van der Waals surface area contributed by atoms with Crippen LogP contribution in [0.4, 0.5) is 0 Å². The Labute approximate surface area is 98.5 Å². The zero-order chi connectivity index (χ0) is 11.2. The molecular weight excluding hydrogens is 200 g/mol. The Hall–Kier alpha value is -0.120. The van der Waals surface area contributed by atoms with E-state index in [1.165, 1.54) is 32.4 Å². The maximum atomic E-state index is 5.95. The molecule has 3 aliphatic rings. The van der Waals surface area contributed by atoms with Gasteiger partial charge in [0.2, 0.25) is 0 Å². The molecular formula is C13H24N2O. The van der Waals surface area contributed by atoms with Crippen molar-refractivity contribution in [2.45, 2.75) is 50.8 Å². The standard InChI is InChI=1S/C13H24N2O/c1-13(2)9-15(7-6-14-13)11-5-8-16-12(11)10-3-4-10/h10-12,14H,3-9H2,1-2H3. The van der Waals surface area contributed by atoms with E-state index in [1.54, 1.807) is 0 Å². The van der Waals surface area contributed by atoms with Crippen LogP contribution in [0.1, 0.15) is 33.1 Å². The number of hydrogen-bond acceptors (Lipinski definition) is 3. The quantitative estimate of drug-likeness (QED) is 0.764. The molecule has 0 radical (unpaired) electrons. The Morgan fingerprint density at radius 2 is 2.06 bits per heavy atom. The van der Waals surface area contributed by atoms with Gasteiger partial charge in [0.05, 0.1) is 6.10 Å². The monoisotopic (exact) mass is 224 g/mol. The van der Waals surface area contributed by atoms with Crippen LogP contribution < -0.4 is 5.32 Å². The largest absolute Gasteiger partial charge is 0.376 e. The average Bonchev–Trinajstić information content (AvgIpc) is 2.95. The lowest BCUT2D eigenvalue weighted by Crippen LogP contribution is -2.60. The van der Waals surface area contributed by atoms with E-state index in [0.29, 0.717) is 12.1 Å². The summed E-state index contributed by atoms with van der Waals surface area (Å²) in [6.07, 6.45) is 4.60. The van der Waals surface area contributed by atoms with Crippen molar-refractivity contribution in [1.82, 2.24) is 10.2 Å². The molecule has 16 heavy (non-hydrogen) atoms. The molecule has 3 rings (SSSR count). The highest BCUT2D eigenvalue weighted by atomic mass is 16.5. The third kappa shape index (κ3) is 2.13. The van der Waals surface area contributed by atoms with Gasteiger partial charge in [0.1, 0.15) is 0 Å². The minimum absolute atomic E-state index is 0.273. The van der Waals surface area contributed by atoms with Crippen LogP contribution in [-0.2, 0) is 4.74 Å². The summed E-state index contributed by atoms with van der Waals surface area (Å²) < 4.78 is 5.95. The summed E-state index contributed by atoms with van der Waals surface area (Å²) in [5.41, 5.74) is 0.273. The summed E-state index contributed by atoms with van der Waals surface area (Å²) in [5, 5.41) is 3.59. The molecule has 1 N–H and O–H groups in total. The Bertz CT molecular complexity index is 263. The molecule has 3 nitrogen and oxygen atoms in total. The molecule has 92 valence electrons. The predicted octanol–water partition coefficient (Wildman–Crippen LogP) is 1.24. The first-order chi connectivity index (χ1) is 7.66. The van der Waals surface area contributed by atoms with Crippen LogP contribution in [0, 0.1) is 5.92 Å². The van der Waals surface area contributed by atoms with Crippen LogP contribution in [0.25, 0.3) is 0 Å². The summed E-state index contributed by atoms with van der Waals surface area (Å²) in [6.45, 7) is 9.09. The lowest BCUT2D eigenvalue weighted by Gasteiger charge is -2.43. The van der Waals surface area contributed by atoms with Gasteiger partial charge in [-0.3, -0.25) is 4.90 Å². The van der Waals surface area contributed by atoms with Crippen LogP contribution in [-0.4, -0.2) is 48.8 Å². The topological polar surface area (TPSA) is 24.5 Å². The second-order valence-corrected chi connectivity index (χ2v) is 6.31. The van der Waals surface area contributed by atoms with Crippen LogP contribution in [0.5, 0.6) is 0 Å². The second kappa shape index (κ2) is 3.97. The van der Waals surface area contributed by atoms with E-state index in [-0.39, 0.29) is 5.54 Å². The third-order valence-electron chi connectivity index (χ3n) is 4.26. The Morgan fingerprint density at radius 3 is 2.75 bits per heavy atom. The fraction of sp³-hybridized carbons (Fsp3) is 1.00. The van der Waals surface area contributed by atoms with Crippen molar-refractivity contribution in [3.63, 3.8) is 0 Å². The molecule has 2 atom stereocenters. The molecule has 1 saturated carbocycles. The molecule has 2 saturated heterocycles. The molecule has 1 aliphatic carbocycles. The molecule has 0 aromatic rings. The van der Waals surface area contributed by atoms with Gasteiger partial charge >= 0.3 is 0 Å². The van der Waals surface area contributed by atoms with Crippen molar-refractivity contribution in [3.8, 4) is 0 Å². The first-order valence-corrected chi connectivity index (χ1v) is 6.76. The van der Waals surface area contributed by atoms with E-state index in [1.807, 2.05) is 0 Å². The Balaban J connectivity index is 1.66. The van der Waals surface area contributed by atoms with Crippen LogP contribution >= 0.6 is 0 Å². The van der Waals surface area contributed by atoms with Crippen molar-refractivity contribution in [1.29, 1.82) is 0 Å². The molecule has 2 unspecified atom stereocenters. The molecule has 0 aromatic carbocycles. The minimum atomic E-state index is 0.273. The van der Waals surface area contributed by atoms with Gasteiger partial charge in [-0.1, -0.05) is 0 Å². The van der Waals surface area contributed by atoms with Crippen LogP contribution in [0.15, 0.2) is 0 Å². The maximum absolute atomic E-state index is 5.95. The zero-order valence-electron chi connectivity index (χ0n) is 10.5. The lowest BCUT2D eigenvalue weighted by atomic mass is 9.97. The van der Waals surface area contributed by atoms with E-state index in [9.17, 15) is 0 Å². The van der Waals surface area contributed by atoms with E-state index in [4.69, 9.17) is 4.74 Å². The summed E-state index contributed by atoms with van der Waals surface area (Å²) in [7, 11) is 0. The summed E-state index contributed by atoms with van der Waals surface area (Å²) in [5.74, 6) is 0.880. The van der Waals surface area contributed by atoms with Gasteiger partial charge in [0.25, 0.3) is 0 Å². The van der Waals surface area contributed by atoms with E-state index >= 15 is 0 Å². The number of nitrogens with zero attached hydrogens (tertiary/aromatic N) is 1. The van der Waals surface area contributed by atoms with Crippen molar-refractivity contribution < 1.29 is 4.74 Å². The highest BCUT2D eigenvalue weighted by molar-refractivity contribution is 4.98. The first kappa shape index (κ1) is 11.0. The molecule has 3 fully saturated rings. The highest BCUT2D eigenvalue weighted by Crippen LogP contribution is 2.40. The van der Waals surface area contributed by atoms with Gasteiger partial charge in [-0.05, 0) is 39.0 Å². The van der Waals surface area contributed by atoms with Gasteiger partial charge in [0, 0.05) is 37.8 Å². The van der Waals surface area contributed by atoms with Crippen molar-refractivity contribution in [2.75, 3.05) is 26.2 Å². The minimum Gasteiger partial charge on any atom is -0.376 e. The summed E-state index contributed by atoms with van der Waals surface area (Å²) >= 11 is 0. The summed E-state index contributed by atoms with van der Waals surface area (Å²) in [4.78, 5) is 2.67. The SMILES string of the molecule is CC1(C)CN(C2CCOC2C2CC2)CCN1. The predicted molar refractivity (Wildman–Crippen MR) is 64.5 cm³/mol. The van der Waals surface area contributed by atoms with Crippen LogP contribution in [0.3, 0.4) is 0 Å². The average molecular weight is 224 g/mol. The van der Waals surface area contributed by atoms with E-state index in [2.05, 4.69) is 24.1 Å². The van der Waals surface area contributed by atoms with Gasteiger partial charge in [-0.2, -0.15) is 0 Å². The number of hydrogen-bond donors (Lipinski definition) is 1. The summed E-state index contributed by atoms with van der Waals surface area (Å²) in [6, 6.07) is 0.703. The van der Waals surface area contributed by atoms with Crippen molar-refractivity contribution in [2.24, 2.45) is 5.92 Å². The fourth-order valence-electron chi connectivity index (χ4n) is 3.33. The second-order valence-electron chi connectivity index (χ2n) is 6.31. The molecule has 2 aliphatic heterocycles. The maximum Gasteiger partial charge on any atom is 0.0759 e. The van der Waals surface area contributed by atoms with E-state index < -0.39 is 0 Å². The fourth-order valence-corrected chi connectivity index (χ4v) is 3.33. The molecule has 0 aromatic heterocycles.